The number of halogens is 1. The van der Waals surface area contributed by atoms with Gasteiger partial charge in [0.05, 0.1) is 27.1 Å². The summed E-state index contributed by atoms with van der Waals surface area (Å²) in [7, 11) is 2.19. The van der Waals surface area contributed by atoms with Gasteiger partial charge >= 0.3 is 0 Å². The summed E-state index contributed by atoms with van der Waals surface area (Å²) in [6.07, 6.45) is -1.05. The number of carbonyl (C=O) groups is 1. The summed E-state index contributed by atoms with van der Waals surface area (Å²) in [6, 6.07) is 20.3. The van der Waals surface area contributed by atoms with Gasteiger partial charge in [0.1, 0.15) is 11.4 Å². The van der Waals surface area contributed by atoms with E-state index in [-0.39, 0.29) is 29.9 Å². The van der Waals surface area contributed by atoms with Crippen LogP contribution in [0.3, 0.4) is 0 Å². The first-order valence-electron chi connectivity index (χ1n) is 10.8. The van der Waals surface area contributed by atoms with E-state index in [4.69, 9.17) is 18.9 Å². The Morgan fingerprint density at radius 3 is 1.86 bits per heavy atom. The molecule has 7 nitrogen and oxygen atoms in total. The van der Waals surface area contributed by atoms with Gasteiger partial charge < -0.3 is 28.4 Å². The Morgan fingerprint density at radius 1 is 0.857 bits per heavy atom. The molecule has 35 heavy (non-hydrogen) atoms. The zero-order chi connectivity index (χ0) is 25.4. The van der Waals surface area contributed by atoms with Gasteiger partial charge in [-0.3, -0.25) is 4.79 Å². The Labute approximate surface area is 204 Å². The third-order valence-corrected chi connectivity index (χ3v) is 8.61. The van der Waals surface area contributed by atoms with Crippen molar-refractivity contribution < 1.29 is 32.7 Å². The molecule has 0 aliphatic rings. The minimum Gasteiger partial charge on any atom is -0.493 e. The van der Waals surface area contributed by atoms with E-state index in [2.05, 4.69) is 0 Å². The van der Waals surface area contributed by atoms with Crippen LogP contribution in [-0.2, 0) is 14.0 Å². The zero-order valence-electron chi connectivity index (χ0n) is 20.1. The lowest BCUT2D eigenvalue weighted by Gasteiger charge is -2.31. The van der Waals surface area contributed by atoms with Crippen LogP contribution in [0.4, 0.5) is 4.39 Å². The molecular weight excluding hydrogens is 472 g/mol. The third kappa shape index (κ3) is 5.73. The number of nitrogens with zero attached hydrogens (tertiary/aromatic N) is 1. The molecule has 0 spiro atoms. The number of hydrogen-bond donors (Lipinski definition) is 0. The van der Waals surface area contributed by atoms with Crippen molar-refractivity contribution in [3.63, 3.8) is 0 Å². The molecule has 1 amide bonds. The first kappa shape index (κ1) is 26.4. The van der Waals surface area contributed by atoms with Crippen LogP contribution in [0.5, 0.6) is 11.5 Å². The van der Waals surface area contributed by atoms with Gasteiger partial charge in [-0.15, -0.1) is 0 Å². The van der Waals surface area contributed by atoms with Crippen LogP contribution in [0, 0.1) is 5.82 Å². The Balaban J connectivity index is 2.16. The predicted octanol–water partition coefficient (Wildman–Crippen LogP) is 3.88. The van der Waals surface area contributed by atoms with Crippen LogP contribution >= 0.6 is 7.14 Å². The standard InChI is InChI=1S/C26H29FNO6P/c1-31-22-16-15-21(27)24(25(22)34-4)26(29)28(17-23(32-2)33-3)18-35(30,19-11-7-5-8-12-19)20-13-9-6-10-14-20/h5-16,23H,17-18H2,1-4H3. The summed E-state index contributed by atoms with van der Waals surface area (Å²) in [4.78, 5) is 15.1. The number of benzene rings is 3. The van der Waals surface area contributed by atoms with E-state index in [1.54, 1.807) is 48.5 Å². The van der Waals surface area contributed by atoms with Crippen molar-refractivity contribution in [3.8, 4) is 11.5 Å². The molecule has 0 saturated heterocycles. The zero-order valence-corrected chi connectivity index (χ0v) is 21.0. The summed E-state index contributed by atoms with van der Waals surface area (Å²) >= 11 is 0. The van der Waals surface area contributed by atoms with Gasteiger partial charge in [-0.1, -0.05) is 60.7 Å². The minimum atomic E-state index is -3.39. The van der Waals surface area contributed by atoms with E-state index >= 15 is 4.39 Å². The molecule has 0 fully saturated rings. The first-order valence-corrected chi connectivity index (χ1v) is 12.7. The van der Waals surface area contributed by atoms with Gasteiger partial charge in [-0.05, 0) is 12.1 Å². The van der Waals surface area contributed by atoms with Crippen LogP contribution in [0.25, 0.3) is 0 Å². The lowest BCUT2D eigenvalue weighted by Crippen LogP contribution is -2.42. The number of amides is 1. The molecule has 0 heterocycles. The molecule has 0 bridgehead atoms. The van der Waals surface area contributed by atoms with E-state index in [0.29, 0.717) is 10.6 Å². The van der Waals surface area contributed by atoms with Gasteiger partial charge in [0.25, 0.3) is 5.91 Å². The smallest absolute Gasteiger partial charge is 0.261 e. The van der Waals surface area contributed by atoms with Crippen molar-refractivity contribution in [1.29, 1.82) is 0 Å². The molecule has 0 atom stereocenters. The largest absolute Gasteiger partial charge is 0.493 e. The van der Waals surface area contributed by atoms with Crippen LogP contribution in [0.1, 0.15) is 10.4 Å². The van der Waals surface area contributed by atoms with Crippen molar-refractivity contribution in [2.45, 2.75) is 6.29 Å². The lowest BCUT2D eigenvalue weighted by atomic mass is 10.1. The molecule has 3 aromatic carbocycles. The monoisotopic (exact) mass is 501 g/mol. The SMILES string of the molecule is COc1ccc(F)c(C(=O)N(CC(OC)OC)CP(=O)(c2ccccc2)c2ccccc2)c1OC. The van der Waals surface area contributed by atoms with Crippen LogP contribution in [0.2, 0.25) is 0 Å². The Hall–Kier alpha value is -3.19. The summed E-state index contributed by atoms with van der Waals surface area (Å²) in [5.41, 5.74) is -0.328. The van der Waals surface area contributed by atoms with E-state index in [1.165, 1.54) is 39.4 Å². The normalized spacial score (nSPS) is 11.4. The van der Waals surface area contributed by atoms with Crippen molar-refractivity contribution in [3.05, 3.63) is 84.2 Å². The van der Waals surface area contributed by atoms with Crippen LogP contribution in [0.15, 0.2) is 72.8 Å². The molecule has 0 aromatic heterocycles. The van der Waals surface area contributed by atoms with E-state index in [9.17, 15) is 9.36 Å². The highest BCUT2D eigenvalue weighted by molar-refractivity contribution is 7.78. The first-order chi connectivity index (χ1) is 16.9. The molecule has 0 unspecified atom stereocenters. The topological polar surface area (TPSA) is 74.3 Å². The fourth-order valence-electron chi connectivity index (χ4n) is 3.78. The Kier molecular flexibility index (Phi) is 9.04. The fourth-order valence-corrected chi connectivity index (χ4v) is 6.44. The molecular formula is C26H29FNO6P. The number of carbonyl (C=O) groups excluding carboxylic acids is 1. The molecule has 0 saturated carbocycles. The molecule has 0 aliphatic carbocycles. The van der Waals surface area contributed by atoms with Crippen LogP contribution < -0.4 is 20.1 Å². The highest BCUT2D eigenvalue weighted by Crippen LogP contribution is 2.45. The molecule has 9 heteroatoms. The fraction of sp³-hybridized carbons (Fsp3) is 0.269. The van der Waals surface area contributed by atoms with Crippen molar-refractivity contribution in [2.75, 3.05) is 41.3 Å². The summed E-state index contributed by atoms with van der Waals surface area (Å²) in [5, 5.41) is 1.13. The maximum absolute atomic E-state index is 15.0. The average molecular weight is 501 g/mol. The minimum absolute atomic E-state index is 0.0526. The maximum Gasteiger partial charge on any atom is 0.261 e. The van der Waals surface area contributed by atoms with E-state index in [0.717, 1.165) is 6.07 Å². The predicted molar refractivity (Wildman–Crippen MR) is 133 cm³/mol. The molecule has 3 rings (SSSR count). The van der Waals surface area contributed by atoms with Gasteiger partial charge in [0.15, 0.2) is 24.9 Å². The third-order valence-electron chi connectivity index (χ3n) is 5.61. The van der Waals surface area contributed by atoms with E-state index in [1.807, 2.05) is 12.1 Å². The summed E-state index contributed by atoms with van der Waals surface area (Å²) in [5.74, 6) is -1.38. The molecule has 0 N–H and O–H groups in total. The number of ether oxygens (including phenoxy) is 4. The van der Waals surface area contributed by atoms with Crippen LogP contribution in [-0.4, -0.2) is 58.4 Å². The summed E-state index contributed by atoms with van der Waals surface area (Å²) in [6.45, 7) is -0.102. The van der Waals surface area contributed by atoms with Gasteiger partial charge in [-0.2, -0.15) is 0 Å². The van der Waals surface area contributed by atoms with Crippen molar-refractivity contribution in [1.82, 2.24) is 4.90 Å². The highest BCUT2D eigenvalue weighted by Gasteiger charge is 2.35. The molecule has 0 aliphatic heterocycles. The van der Waals surface area contributed by atoms with E-state index < -0.39 is 25.2 Å². The quantitative estimate of drug-likeness (QED) is 0.293. The van der Waals surface area contributed by atoms with Crippen molar-refractivity contribution >= 4 is 23.7 Å². The Morgan fingerprint density at radius 2 is 1.40 bits per heavy atom. The molecule has 0 radical (unpaired) electrons. The second kappa shape index (κ2) is 12.0. The second-order valence-corrected chi connectivity index (χ2v) is 10.4. The van der Waals surface area contributed by atoms with Gasteiger partial charge in [-0.25, -0.2) is 4.39 Å². The number of methoxy groups -OCH3 is 4. The lowest BCUT2D eigenvalue weighted by molar-refractivity contribution is -0.110. The molecule has 3 aromatic rings. The highest BCUT2D eigenvalue weighted by atomic mass is 31.2. The second-order valence-electron chi connectivity index (χ2n) is 7.64. The van der Waals surface area contributed by atoms with Crippen molar-refractivity contribution in [2.24, 2.45) is 0 Å². The average Bonchev–Trinajstić information content (AvgIpc) is 2.91. The Bertz CT molecular complexity index is 1130. The maximum atomic E-state index is 15.0. The van der Waals surface area contributed by atoms with Gasteiger partial charge in [0, 0.05) is 24.8 Å². The molecule has 186 valence electrons. The van der Waals surface area contributed by atoms with Gasteiger partial charge in [0.2, 0.25) is 0 Å². The number of hydrogen-bond acceptors (Lipinski definition) is 6. The number of rotatable bonds is 11. The summed E-state index contributed by atoms with van der Waals surface area (Å²) < 4.78 is 50.9.